The highest BCUT2D eigenvalue weighted by molar-refractivity contribution is 5.79. The molecule has 0 aromatic carbocycles. The van der Waals surface area contributed by atoms with Gasteiger partial charge in [0.1, 0.15) is 0 Å². The molecule has 0 saturated carbocycles. The smallest absolute Gasteiger partial charge is 0.227 e. The number of piperidine rings is 1. The fourth-order valence-electron chi connectivity index (χ4n) is 3.09. The SMILES string of the molecule is Cc1n[nH]c(C)c1CC(=O)N1CCCCC1c1ccn[nH]1. The summed E-state index contributed by atoms with van der Waals surface area (Å²) in [6, 6.07) is 2.09. The van der Waals surface area contributed by atoms with Crippen molar-refractivity contribution in [3.8, 4) is 0 Å². The molecule has 1 atom stereocenters. The third-order valence-corrected chi connectivity index (χ3v) is 4.31. The summed E-state index contributed by atoms with van der Waals surface area (Å²) in [6.07, 6.45) is 5.38. The van der Waals surface area contributed by atoms with Crippen LogP contribution in [0.1, 0.15) is 47.9 Å². The first kappa shape index (κ1) is 13.9. The van der Waals surface area contributed by atoms with E-state index < -0.39 is 0 Å². The molecule has 6 heteroatoms. The number of likely N-dealkylation sites (tertiary alicyclic amines) is 1. The molecule has 112 valence electrons. The lowest BCUT2D eigenvalue weighted by molar-refractivity contribution is -0.134. The van der Waals surface area contributed by atoms with Gasteiger partial charge in [0.2, 0.25) is 5.91 Å². The van der Waals surface area contributed by atoms with Crippen LogP contribution in [0.3, 0.4) is 0 Å². The summed E-state index contributed by atoms with van der Waals surface area (Å²) in [5.41, 5.74) is 3.95. The number of amides is 1. The zero-order valence-corrected chi connectivity index (χ0v) is 12.5. The Balaban J connectivity index is 1.79. The highest BCUT2D eigenvalue weighted by atomic mass is 16.2. The van der Waals surface area contributed by atoms with Gasteiger partial charge in [0, 0.05) is 24.0 Å². The van der Waals surface area contributed by atoms with E-state index >= 15 is 0 Å². The Hall–Kier alpha value is -2.11. The first-order chi connectivity index (χ1) is 10.2. The molecule has 1 aliphatic heterocycles. The highest BCUT2D eigenvalue weighted by Gasteiger charge is 2.29. The van der Waals surface area contributed by atoms with Crippen molar-refractivity contribution in [3.05, 3.63) is 34.9 Å². The van der Waals surface area contributed by atoms with Gasteiger partial charge in [-0.3, -0.25) is 15.0 Å². The monoisotopic (exact) mass is 287 g/mol. The third-order valence-electron chi connectivity index (χ3n) is 4.31. The molecular weight excluding hydrogens is 266 g/mol. The van der Waals surface area contributed by atoms with E-state index in [0.717, 1.165) is 48.5 Å². The topological polar surface area (TPSA) is 77.7 Å². The van der Waals surface area contributed by atoms with Crippen LogP contribution in [-0.4, -0.2) is 37.7 Å². The van der Waals surface area contributed by atoms with Crippen molar-refractivity contribution < 1.29 is 4.79 Å². The zero-order valence-electron chi connectivity index (χ0n) is 12.5. The van der Waals surface area contributed by atoms with Crippen molar-refractivity contribution in [1.82, 2.24) is 25.3 Å². The van der Waals surface area contributed by atoms with Gasteiger partial charge < -0.3 is 4.90 Å². The molecule has 2 aromatic heterocycles. The molecule has 1 amide bonds. The van der Waals surface area contributed by atoms with Crippen molar-refractivity contribution in [2.75, 3.05) is 6.54 Å². The van der Waals surface area contributed by atoms with E-state index in [1.165, 1.54) is 0 Å². The van der Waals surface area contributed by atoms with E-state index in [-0.39, 0.29) is 11.9 Å². The van der Waals surface area contributed by atoms with Gasteiger partial charge in [-0.05, 0) is 39.2 Å². The van der Waals surface area contributed by atoms with E-state index in [1.54, 1.807) is 6.20 Å². The number of hydrogen-bond donors (Lipinski definition) is 2. The number of rotatable bonds is 3. The lowest BCUT2D eigenvalue weighted by atomic mass is 9.98. The fraction of sp³-hybridized carbons (Fsp3) is 0.533. The molecule has 3 heterocycles. The maximum atomic E-state index is 12.7. The normalized spacial score (nSPS) is 19.0. The van der Waals surface area contributed by atoms with Gasteiger partial charge in [-0.15, -0.1) is 0 Å². The molecule has 3 rings (SSSR count). The van der Waals surface area contributed by atoms with Gasteiger partial charge in [-0.1, -0.05) is 0 Å². The number of carbonyl (C=O) groups excluding carboxylic acids is 1. The van der Waals surface area contributed by atoms with E-state index in [4.69, 9.17) is 0 Å². The summed E-state index contributed by atoms with van der Waals surface area (Å²) in [5, 5.41) is 14.1. The quantitative estimate of drug-likeness (QED) is 0.907. The predicted molar refractivity (Wildman–Crippen MR) is 78.7 cm³/mol. The molecule has 0 spiro atoms. The van der Waals surface area contributed by atoms with Gasteiger partial charge in [-0.25, -0.2) is 0 Å². The maximum absolute atomic E-state index is 12.7. The van der Waals surface area contributed by atoms with Crippen LogP contribution in [0.5, 0.6) is 0 Å². The average molecular weight is 287 g/mol. The van der Waals surface area contributed by atoms with Crippen molar-refractivity contribution in [1.29, 1.82) is 0 Å². The van der Waals surface area contributed by atoms with Crippen LogP contribution >= 0.6 is 0 Å². The predicted octanol–water partition coefficient (Wildman–Crippen LogP) is 2.05. The molecule has 1 fully saturated rings. The van der Waals surface area contributed by atoms with Crippen LogP contribution in [0.4, 0.5) is 0 Å². The summed E-state index contributed by atoms with van der Waals surface area (Å²) < 4.78 is 0. The molecule has 6 nitrogen and oxygen atoms in total. The van der Waals surface area contributed by atoms with Crippen molar-refractivity contribution in [3.63, 3.8) is 0 Å². The molecule has 1 unspecified atom stereocenters. The lowest BCUT2D eigenvalue weighted by Crippen LogP contribution is -2.39. The van der Waals surface area contributed by atoms with Crippen molar-refractivity contribution in [2.24, 2.45) is 0 Å². The number of hydrogen-bond acceptors (Lipinski definition) is 3. The summed E-state index contributed by atoms with van der Waals surface area (Å²) in [6.45, 7) is 4.72. The maximum Gasteiger partial charge on any atom is 0.227 e. The van der Waals surface area contributed by atoms with Gasteiger partial charge in [0.15, 0.2) is 0 Å². The lowest BCUT2D eigenvalue weighted by Gasteiger charge is -2.35. The van der Waals surface area contributed by atoms with Gasteiger partial charge in [-0.2, -0.15) is 10.2 Å². The summed E-state index contributed by atoms with van der Waals surface area (Å²) in [4.78, 5) is 14.7. The number of aromatic nitrogens is 4. The molecule has 21 heavy (non-hydrogen) atoms. The molecule has 0 aliphatic carbocycles. The summed E-state index contributed by atoms with van der Waals surface area (Å²) in [5.74, 6) is 0.168. The highest BCUT2D eigenvalue weighted by Crippen LogP contribution is 2.30. The van der Waals surface area contributed by atoms with E-state index in [2.05, 4.69) is 20.4 Å². The van der Waals surface area contributed by atoms with Crippen molar-refractivity contribution >= 4 is 5.91 Å². The van der Waals surface area contributed by atoms with Crippen LogP contribution in [-0.2, 0) is 11.2 Å². The molecule has 2 N–H and O–H groups in total. The summed E-state index contributed by atoms with van der Waals surface area (Å²) in [7, 11) is 0. The standard InChI is InChI=1S/C15H21N5O/c1-10-12(11(2)18-17-10)9-15(21)20-8-4-3-5-14(20)13-6-7-16-19-13/h6-7,14H,3-5,8-9H2,1-2H3,(H,16,19)(H,17,18). The average Bonchev–Trinajstić information content (AvgIpc) is 3.13. The Morgan fingerprint density at radius 2 is 2.24 bits per heavy atom. The fourth-order valence-corrected chi connectivity index (χ4v) is 3.09. The number of aromatic amines is 2. The second-order valence-corrected chi connectivity index (χ2v) is 5.70. The van der Waals surface area contributed by atoms with Gasteiger partial charge in [0.25, 0.3) is 0 Å². The Morgan fingerprint density at radius 1 is 1.38 bits per heavy atom. The van der Waals surface area contributed by atoms with Crippen LogP contribution in [0.15, 0.2) is 12.3 Å². The molecule has 2 aromatic rings. The van der Waals surface area contributed by atoms with Crippen LogP contribution in [0.25, 0.3) is 0 Å². The Kier molecular flexibility index (Phi) is 3.77. The van der Waals surface area contributed by atoms with E-state index in [1.807, 2.05) is 24.8 Å². The van der Waals surface area contributed by atoms with Gasteiger partial charge >= 0.3 is 0 Å². The van der Waals surface area contributed by atoms with Crippen LogP contribution in [0.2, 0.25) is 0 Å². The molecule has 0 radical (unpaired) electrons. The van der Waals surface area contributed by atoms with E-state index in [0.29, 0.717) is 6.42 Å². The zero-order chi connectivity index (χ0) is 14.8. The van der Waals surface area contributed by atoms with E-state index in [9.17, 15) is 4.79 Å². The van der Waals surface area contributed by atoms with Crippen LogP contribution in [0, 0.1) is 13.8 Å². The minimum Gasteiger partial charge on any atom is -0.334 e. The molecule has 1 aliphatic rings. The summed E-state index contributed by atoms with van der Waals surface area (Å²) >= 11 is 0. The Bertz CT molecular complexity index is 597. The third kappa shape index (κ3) is 2.70. The number of nitrogens with zero attached hydrogens (tertiary/aromatic N) is 3. The minimum atomic E-state index is 0.126. The number of nitrogens with one attached hydrogen (secondary N) is 2. The number of carbonyl (C=O) groups is 1. The molecule has 1 saturated heterocycles. The second kappa shape index (κ2) is 5.71. The Labute approximate surface area is 123 Å². The molecule has 0 bridgehead atoms. The van der Waals surface area contributed by atoms with Gasteiger partial charge in [0.05, 0.1) is 23.9 Å². The molecular formula is C15H21N5O. The first-order valence-corrected chi connectivity index (χ1v) is 7.46. The van der Waals surface area contributed by atoms with Crippen LogP contribution < -0.4 is 0 Å². The Morgan fingerprint density at radius 3 is 2.90 bits per heavy atom. The number of H-pyrrole nitrogens is 2. The first-order valence-electron chi connectivity index (χ1n) is 7.46. The number of aryl methyl sites for hydroxylation is 2. The largest absolute Gasteiger partial charge is 0.334 e. The minimum absolute atomic E-state index is 0.126. The second-order valence-electron chi connectivity index (χ2n) is 5.70. The van der Waals surface area contributed by atoms with Crippen molar-refractivity contribution in [2.45, 2.75) is 45.6 Å².